The first-order valence-electron chi connectivity index (χ1n) is 6.78. The molecule has 0 heterocycles. The number of nitrogens with two attached hydrogens (primary N) is 1. The molecule has 0 aromatic carbocycles. The van der Waals surface area contributed by atoms with Crippen LogP contribution in [0.3, 0.4) is 0 Å². The summed E-state index contributed by atoms with van der Waals surface area (Å²) in [7, 11) is 0. The van der Waals surface area contributed by atoms with Gasteiger partial charge in [0.1, 0.15) is 12.1 Å². The van der Waals surface area contributed by atoms with Crippen molar-refractivity contribution in [1.82, 2.24) is 10.6 Å². The zero-order chi connectivity index (χ0) is 15.9. The number of urea groups is 1. The highest BCUT2D eigenvalue weighted by Gasteiger charge is 2.29. The van der Waals surface area contributed by atoms with Crippen molar-refractivity contribution in [1.29, 1.82) is 0 Å². The van der Waals surface area contributed by atoms with Gasteiger partial charge in [-0.05, 0) is 18.3 Å². The molecule has 3 unspecified atom stereocenters. The average Bonchev–Trinajstić information content (AvgIpc) is 2.33. The number of primary amides is 1. The summed E-state index contributed by atoms with van der Waals surface area (Å²) in [5, 5.41) is 13.9. The lowest BCUT2D eigenvalue weighted by Crippen LogP contribution is -2.55. The lowest BCUT2D eigenvalue weighted by atomic mass is 9.97. The van der Waals surface area contributed by atoms with Gasteiger partial charge in [0.05, 0.1) is 0 Å². The monoisotopic (exact) mass is 287 g/mol. The van der Waals surface area contributed by atoms with Crippen LogP contribution in [0.15, 0.2) is 0 Å². The van der Waals surface area contributed by atoms with Gasteiger partial charge in [0.2, 0.25) is 5.91 Å². The van der Waals surface area contributed by atoms with Gasteiger partial charge in [0.25, 0.3) is 0 Å². The van der Waals surface area contributed by atoms with Gasteiger partial charge >= 0.3 is 12.0 Å². The number of amides is 3. The van der Waals surface area contributed by atoms with Crippen molar-refractivity contribution in [2.45, 2.75) is 52.6 Å². The molecule has 7 heteroatoms. The smallest absolute Gasteiger partial charge is 0.326 e. The predicted octanol–water partition coefficient (Wildman–Crippen LogP) is 0.685. The first-order valence-corrected chi connectivity index (χ1v) is 6.78. The number of rotatable bonds is 8. The summed E-state index contributed by atoms with van der Waals surface area (Å²) in [5.74, 6) is -1.63. The molecule has 0 aromatic heterocycles. The van der Waals surface area contributed by atoms with E-state index in [2.05, 4.69) is 10.6 Å². The molecule has 20 heavy (non-hydrogen) atoms. The highest BCUT2D eigenvalue weighted by Crippen LogP contribution is 2.10. The third-order valence-corrected chi connectivity index (χ3v) is 3.11. The number of hydrogen-bond acceptors (Lipinski definition) is 3. The maximum atomic E-state index is 12.1. The van der Waals surface area contributed by atoms with E-state index in [0.29, 0.717) is 12.8 Å². The Kier molecular flexibility index (Phi) is 7.64. The zero-order valence-corrected chi connectivity index (χ0v) is 12.5. The van der Waals surface area contributed by atoms with Gasteiger partial charge in [-0.1, -0.05) is 34.1 Å². The summed E-state index contributed by atoms with van der Waals surface area (Å²) >= 11 is 0. The van der Waals surface area contributed by atoms with E-state index in [1.807, 2.05) is 20.8 Å². The number of carbonyl (C=O) groups is 3. The maximum Gasteiger partial charge on any atom is 0.326 e. The van der Waals surface area contributed by atoms with E-state index in [-0.39, 0.29) is 11.8 Å². The van der Waals surface area contributed by atoms with Crippen LogP contribution in [-0.4, -0.2) is 35.1 Å². The molecular formula is C13H25N3O4. The highest BCUT2D eigenvalue weighted by molar-refractivity contribution is 5.89. The Hall–Kier alpha value is -1.79. The van der Waals surface area contributed by atoms with Crippen LogP contribution >= 0.6 is 0 Å². The van der Waals surface area contributed by atoms with E-state index in [9.17, 15) is 14.4 Å². The van der Waals surface area contributed by atoms with Crippen LogP contribution in [-0.2, 0) is 9.59 Å². The summed E-state index contributed by atoms with van der Waals surface area (Å²) in [6, 6.07) is -2.60. The van der Waals surface area contributed by atoms with Crippen LogP contribution in [0.4, 0.5) is 4.79 Å². The van der Waals surface area contributed by atoms with Crippen molar-refractivity contribution in [2.24, 2.45) is 17.6 Å². The van der Waals surface area contributed by atoms with Crippen LogP contribution in [0.5, 0.6) is 0 Å². The second kappa shape index (κ2) is 8.39. The Balaban J connectivity index is 4.86. The van der Waals surface area contributed by atoms with Crippen LogP contribution in [0.25, 0.3) is 0 Å². The van der Waals surface area contributed by atoms with Crippen LogP contribution < -0.4 is 16.4 Å². The first kappa shape index (κ1) is 18.2. The summed E-state index contributed by atoms with van der Waals surface area (Å²) in [5.41, 5.74) is 5.05. The quantitative estimate of drug-likeness (QED) is 0.524. The standard InChI is InChI=1S/C13H25N3O4/c1-5-8(4)10(16-13(14)20)11(17)15-9(12(18)19)6-7(2)3/h7-10H,5-6H2,1-4H3,(H,15,17)(H,18,19)(H3,14,16,20). The van der Waals surface area contributed by atoms with Crippen LogP contribution in [0.1, 0.15) is 40.5 Å². The second-order valence-corrected chi connectivity index (χ2v) is 5.40. The Morgan fingerprint density at radius 1 is 1.15 bits per heavy atom. The van der Waals surface area contributed by atoms with E-state index in [1.165, 1.54) is 0 Å². The molecule has 0 aliphatic carbocycles. The van der Waals surface area contributed by atoms with Gasteiger partial charge in [-0.3, -0.25) is 4.79 Å². The van der Waals surface area contributed by atoms with E-state index < -0.39 is 30.0 Å². The van der Waals surface area contributed by atoms with Gasteiger partial charge in [0, 0.05) is 0 Å². The lowest BCUT2D eigenvalue weighted by Gasteiger charge is -2.25. The second-order valence-electron chi connectivity index (χ2n) is 5.40. The summed E-state index contributed by atoms with van der Waals surface area (Å²) in [6.07, 6.45) is 0.977. The van der Waals surface area contributed by atoms with Gasteiger partial charge in [-0.2, -0.15) is 0 Å². The number of carboxylic acids is 1. The summed E-state index contributed by atoms with van der Waals surface area (Å²) < 4.78 is 0. The first-order chi connectivity index (χ1) is 9.18. The molecular weight excluding hydrogens is 262 g/mol. The maximum absolute atomic E-state index is 12.1. The lowest BCUT2D eigenvalue weighted by molar-refractivity contribution is -0.142. The Morgan fingerprint density at radius 2 is 1.70 bits per heavy atom. The van der Waals surface area contributed by atoms with Crippen molar-refractivity contribution in [3.8, 4) is 0 Å². The predicted molar refractivity (Wildman–Crippen MR) is 75.0 cm³/mol. The fraction of sp³-hybridized carbons (Fsp3) is 0.769. The van der Waals surface area contributed by atoms with Gasteiger partial charge < -0.3 is 21.5 Å². The van der Waals surface area contributed by atoms with Gasteiger partial charge in [-0.25, -0.2) is 9.59 Å². The van der Waals surface area contributed by atoms with Crippen molar-refractivity contribution < 1.29 is 19.5 Å². The van der Waals surface area contributed by atoms with Crippen LogP contribution in [0.2, 0.25) is 0 Å². The van der Waals surface area contributed by atoms with Crippen LogP contribution in [0, 0.1) is 11.8 Å². The molecule has 0 bridgehead atoms. The molecule has 0 aliphatic rings. The molecule has 0 rings (SSSR count). The molecule has 7 nitrogen and oxygen atoms in total. The molecule has 0 saturated carbocycles. The summed E-state index contributed by atoms with van der Waals surface area (Å²) in [4.78, 5) is 34.2. The van der Waals surface area contributed by atoms with E-state index >= 15 is 0 Å². The Bertz CT molecular complexity index is 358. The number of carboxylic acid groups (broad SMARTS) is 1. The number of nitrogens with one attached hydrogen (secondary N) is 2. The highest BCUT2D eigenvalue weighted by atomic mass is 16.4. The van der Waals surface area contributed by atoms with E-state index in [4.69, 9.17) is 10.8 Å². The average molecular weight is 287 g/mol. The molecule has 0 aliphatic heterocycles. The van der Waals surface area contributed by atoms with E-state index in [1.54, 1.807) is 6.92 Å². The van der Waals surface area contributed by atoms with Crippen molar-refractivity contribution in [2.75, 3.05) is 0 Å². The molecule has 3 amide bonds. The topological polar surface area (TPSA) is 122 Å². The molecule has 0 fully saturated rings. The largest absolute Gasteiger partial charge is 0.480 e. The molecule has 0 saturated heterocycles. The minimum atomic E-state index is -1.09. The third-order valence-electron chi connectivity index (χ3n) is 3.11. The molecule has 5 N–H and O–H groups in total. The van der Waals surface area contributed by atoms with Crippen molar-refractivity contribution in [3.63, 3.8) is 0 Å². The number of aliphatic carboxylic acids is 1. The third kappa shape index (κ3) is 6.40. The molecule has 116 valence electrons. The SMILES string of the molecule is CCC(C)C(NC(N)=O)C(=O)NC(CC(C)C)C(=O)O. The van der Waals surface area contributed by atoms with Crippen molar-refractivity contribution >= 4 is 17.9 Å². The molecule has 0 aromatic rings. The van der Waals surface area contributed by atoms with Gasteiger partial charge in [0.15, 0.2) is 0 Å². The van der Waals surface area contributed by atoms with Gasteiger partial charge in [-0.15, -0.1) is 0 Å². The van der Waals surface area contributed by atoms with E-state index in [0.717, 1.165) is 0 Å². The summed E-state index contributed by atoms with van der Waals surface area (Å²) in [6.45, 7) is 7.40. The Labute approximate surface area is 119 Å². The fourth-order valence-corrected chi connectivity index (χ4v) is 1.81. The number of hydrogen-bond donors (Lipinski definition) is 4. The molecule has 0 radical (unpaired) electrons. The minimum absolute atomic E-state index is 0.127. The number of carbonyl (C=O) groups excluding carboxylic acids is 2. The fourth-order valence-electron chi connectivity index (χ4n) is 1.81. The minimum Gasteiger partial charge on any atom is -0.480 e. The molecule has 0 spiro atoms. The molecule has 3 atom stereocenters. The Morgan fingerprint density at radius 3 is 2.05 bits per heavy atom. The van der Waals surface area contributed by atoms with Crippen molar-refractivity contribution in [3.05, 3.63) is 0 Å². The normalized spacial score (nSPS) is 15.2. The zero-order valence-electron chi connectivity index (χ0n) is 12.5.